The van der Waals surface area contributed by atoms with Crippen LogP contribution in [0.5, 0.6) is 0 Å². The summed E-state index contributed by atoms with van der Waals surface area (Å²) in [7, 11) is 0. The highest BCUT2D eigenvalue weighted by molar-refractivity contribution is 7.98. The normalized spacial score (nSPS) is 17.2. The third-order valence-corrected chi connectivity index (χ3v) is 3.29. The van der Waals surface area contributed by atoms with Crippen molar-refractivity contribution in [3.05, 3.63) is 17.0 Å². The summed E-state index contributed by atoms with van der Waals surface area (Å²) < 4.78 is 0. The smallest absolute Gasteiger partial charge is 0.0850 e. The second-order valence-electron chi connectivity index (χ2n) is 4.05. The Balaban J connectivity index is 2.43. The monoisotopic (exact) mass is 197 g/mol. The molecule has 13 heavy (non-hydrogen) atoms. The number of aromatic amines is 1. The van der Waals surface area contributed by atoms with E-state index in [1.807, 2.05) is 25.6 Å². The van der Waals surface area contributed by atoms with Gasteiger partial charge in [0.1, 0.15) is 0 Å². The number of rotatable bonds is 1. The van der Waals surface area contributed by atoms with Crippen LogP contribution in [0.2, 0.25) is 0 Å². The largest absolute Gasteiger partial charge is 0.321 e. The summed E-state index contributed by atoms with van der Waals surface area (Å²) in [5.74, 6) is 2.24. The van der Waals surface area contributed by atoms with E-state index in [9.17, 15) is 0 Å². The van der Waals surface area contributed by atoms with Crippen LogP contribution < -0.4 is 5.73 Å². The zero-order chi connectivity index (χ0) is 9.47. The number of nitrogens with one attached hydrogen (secondary N) is 1. The number of hydrogen-bond donors (Lipinski definition) is 2. The van der Waals surface area contributed by atoms with Crippen molar-refractivity contribution in [3.63, 3.8) is 0 Å². The number of thioether (sulfide) groups is 1. The Labute approximate surface area is 82.5 Å². The molecule has 1 aromatic heterocycles. The van der Waals surface area contributed by atoms with Crippen molar-refractivity contribution >= 4 is 11.8 Å². The third kappa shape index (κ3) is 1.60. The number of H-pyrrole nitrogens is 1. The molecule has 0 aromatic carbocycles. The quantitative estimate of drug-likeness (QED) is 0.715. The predicted molar refractivity (Wildman–Crippen MR) is 55.7 cm³/mol. The molecule has 0 amide bonds. The van der Waals surface area contributed by atoms with Crippen molar-refractivity contribution < 1.29 is 0 Å². The SMILES string of the molecule is CC(C)(N)c1n[nH]c2c1CCSC2. The van der Waals surface area contributed by atoms with E-state index in [2.05, 4.69) is 10.2 Å². The van der Waals surface area contributed by atoms with E-state index in [0.717, 1.165) is 17.9 Å². The van der Waals surface area contributed by atoms with E-state index in [4.69, 9.17) is 5.73 Å². The predicted octanol–water partition coefficient (Wildman–Crippen LogP) is 1.39. The van der Waals surface area contributed by atoms with Gasteiger partial charge in [-0.1, -0.05) is 0 Å². The highest BCUT2D eigenvalue weighted by Gasteiger charge is 2.25. The zero-order valence-corrected chi connectivity index (χ0v) is 8.87. The molecule has 3 nitrogen and oxygen atoms in total. The van der Waals surface area contributed by atoms with Crippen LogP contribution in [0.3, 0.4) is 0 Å². The van der Waals surface area contributed by atoms with Crippen LogP contribution in [0.1, 0.15) is 30.8 Å². The molecule has 0 fully saturated rings. The fraction of sp³-hybridized carbons (Fsp3) is 0.667. The molecule has 1 aliphatic heterocycles. The lowest BCUT2D eigenvalue weighted by atomic mass is 9.96. The Bertz CT molecular complexity index is 311. The third-order valence-electron chi connectivity index (χ3n) is 2.31. The van der Waals surface area contributed by atoms with Gasteiger partial charge in [-0.05, 0) is 31.6 Å². The maximum Gasteiger partial charge on any atom is 0.0850 e. The number of nitrogens with zero attached hydrogens (tertiary/aromatic N) is 1. The second-order valence-corrected chi connectivity index (χ2v) is 5.16. The summed E-state index contributed by atoms with van der Waals surface area (Å²) in [5.41, 5.74) is 9.39. The number of aromatic nitrogens is 2. The van der Waals surface area contributed by atoms with E-state index in [-0.39, 0.29) is 5.54 Å². The van der Waals surface area contributed by atoms with Gasteiger partial charge < -0.3 is 5.73 Å². The lowest BCUT2D eigenvalue weighted by molar-refractivity contribution is 0.528. The summed E-state index contributed by atoms with van der Waals surface area (Å²) in [6, 6.07) is 0. The van der Waals surface area contributed by atoms with E-state index in [0.29, 0.717) is 0 Å². The van der Waals surface area contributed by atoms with Gasteiger partial charge in [-0.25, -0.2) is 0 Å². The molecule has 0 saturated carbocycles. The first-order valence-electron chi connectivity index (χ1n) is 4.52. The summed E-state index contributed by atoms with van der Waals surface area (Å²) >= 11 is 1.95. The molecule has 2 rings (SSSR count). The molecule has 0 bridgehead atoms. The summed E-state index contributed by atoms with van der Waals surface area (Å²) in [5, 5.41) is 7.39. The van der Waals surface area contributed by atoms with Crippen molar-refractivity contribution in [3.8, 4) is 0 Å². The molecule has 0 unspecified atom stereocenters. The minimum absolute atomic E-state index is 0.313. The summed E-state index contributed by atoms with van der Waals surface area (Å²) in [6.07, 6.45) is 1.10. The highest BCUT2D eigenvalue weighted by atomic mass is 32.2. The Morgan fingerprint density at radius 2 is 2.31 bits per heavy atom. The van der Waals surface area contributed by atoms with E-state index in [1.165, 1.54) is 17.0 Å². The van der Waals surface area contributed by atoms with Crippen molar-refractivity contribution in [2.24, 2.45) is 5.73 Å². The van der Waals surface area contributed by atoms with Crippen molar-refractivity contribution in [2.75, 3.05) is 5.75 Å². The molecule has 1 aromatic rings. The van der Waals surface area contributed by atoms with Gasteiger partial charge >= 0.3 is 0 Å². The number of nitrogens with two attached hydrogens (primary N) is 1. The first-order valence-corrected chi connectivity index (χ1v) is 5.68. The Kier molecular flexibility index (Phi) is 2.12. The average molecular weight is 197 g/mol. The lowest BCUT2D eigenvalue weighted by Gasteiger charge is -2.19. The first-order chi connectivity index (χ1) is 6.09. The van der Waals surface area contributed by atoms with Crippen molar-refractivity contribution in [1.29, 1.82) is 0 Å². The van der Waals surface area contributed by atoms with E-state index < -0.39 is 0 Å². The van der Waals surface area contributed by atoms with Crippen LogP contribution in [0, 0.1) is 0 Å². The first kappa shape index (κ1) is 9.09. The summed E-state index contributed by atoms with van der Waals surface area (Å²) in [4.78, 5) is 0. The average Bonchev–Trinajstić information content (AvgIpc) is 2.45. The molecule has 0 spiro atoms. The Hall–Kier alpha value is -0.480. The molecular formula is C9H15N3S. The van der Waals surface area contributed by atoms with Gasteiger partial charge in [0.25, 0.3) is 0 Å². The van der Waals surface area contributed by atoms with Crippen LogP contribution in [0.25, 0.3) is 0 Å². The molecular weight excluding hydrogens is 182 g/mol. The molecule has 2 heterocycles. The topological polar surface area (TPSA) is 54.7 Å². The van der Waals surface area contributed by atoms with Crippen LogP contribution in [-0.4, -0.2) is 16.0 Å². The van der Waals surface area contributed by atoms with Crippen LogP contribution in [0.4, 0.5) is 0 Å². The Morgan fingerprint density at radius 1 is 1.54 bits per heavy atom. The van der Waals surface area contributed by atoms with E-state index >= 15 is 0 Å². The van der Waals surface area contributed by atoms with E-state index in [1.54, 1.807) is 0 Å². The molecule has 3 N–H and O–H groups in total. The molecule has 0 atom stereocenters. The van der Waals surface area contributed by atoms with Crippen LogP contribution in [-0.2, 0) is 17.7 Å². The molecule has 0 radical (unpaired) electrons. The summed E-state index contributed by atoms with van der Waals surface area (Å²) in [6.45, 7) is 4.01. The van der Waals surface area contributed by atoms with Gasteiger partial charge in [0.15, 0.2) is 0 Å². The molecule has 0 aliphatic carbocycles. The van der Waals surface area contributed by atoms with Gasteiger partial charge in [-0.2, -0.15) is 16.9 Å². The van der Waals surface area contributed by atoms with Gasteiger partial charge in [-0.3, -0.25) is 5.10 Å². The van der Waals surface area contributed by atoms with Gasteiger partial charge in [-0.15, -0.1) is 0 Å². The highest BCUT2D eigenvalue weighted by Crippen LogP contribution is 2.29. The molecule has 4 heteroatoms. The standard InChI is InChI=1S/C9H15N3S/c1-9(2,10)8-6-3-4-13-5-7(6)11-12-8/h3-5,10H2,1-2H3,(H,11,12). The molecule has 0 saturated heterocycles. The number of hydrogen-bond acceptors (Lipinski definition) is 3. The number of fused-ring (bicyclic) bond motifs is 1. The minimum Gasteiger partial charge on any atom is -0.321 e. The zero-order valence-electron chi connectivity index (χ0n) is 8.05. The fourth-order valence-electron chi connectivity index (χ4n) is 1.67. The molecule has 1 aliphatic rings. The van der Waals surface area contributed by atoms with Crippen LogP contribution in [0.15, 0.2) is 0 Å². The minimum atomic E-state index is -0.313. The van der Waals surface area contributed by atoms with Crippen molar-refractivity contribution in [1.82, 2.24) is 10.2 Å². The Morgan fingerprint density at radius 3 is 3.00 bits per heavy atom. The fourth-order valence-corrected chi connectivity index (χ4v) is 2.61. The lowest BCUT2D eigenvalue weighted by Crippen LogP contribution is -2.30. The maximum absolute atomic E-state index is 6.04. The van der Waals surface area contributed by atoms with Gasteiger partial charge in [0.2, 0.25) is 0 Å². The van der Waals surface area contributed by atoms with Crippen molar-refractivity contribution in [2.45, 2.75) is 31.6 Å². The van der Waals surface area contributed by atoms with Gasteiger partial charge in [0.05, 0.1) is 11.2 Å². The molecule has 72 valence electrons. The van der Waals surface area contributed by atoms with Crippen LogP contribution >= 0.6 is 11.8 Å². The second kappa shape index (κ2) is 3.03. The van der Waals surface area contributed by atoms with Gasteiger partial charge in [0, 0.05) is 11.4 Å². The maximum atomic E-state index is 6.04.